The van der Waals surface area contributed by atoms with Crippen molar-refractivity contribution in [1.29, 1.82) is 0 Å². The molecule has 0 saturated carbocycles. The zero-order valence-corrected chi connectivity index (χ0v) is 9.32. The van der Waals surface area contributed by atoms with E-state index in [1.54, 1.807) is 24.3 Å². The van der Waals surface area contributed by atoms with E-state index in [-0.39, 0.29) is 5.91 Å². The monoisotopic (exact) mass is 235 g/mol. The van der Waals surface area contributed by atoms with Crippen LogP contribution in [0.15, 0.2) is 30.3 Å². The van der Waals surface area contributed by atoms with Gasteiger partial charge in [-0.05, 0) is 23.5 Å². The van der Waals surface area contributed by atoms with Crippen molar-refractivity contribution in [2.75, 3.05) is 12.4 Å². The van der Waals surface area contributed by atoms with E-state index in [2.05, 4.69) is 15.5 Å². The number of rotatable bonds is 3. The number of amides is 1. The lowest BCUT2D eigenvalue weighted by molar-refractivity contribution is 0.102. The standard InChI is InChI=1S/C10H9N3O2S/c1-15-10-13-12-9(16-10)11-8(14)7-5-3-2-4-6-7/h2-6H,1H3,(H,11,12,14). The van der Waals surface area contributed by atoms with Crippen LogP contribution in [0, 0.1) is 0 Å². The quantitative estimate of drug-likeness (QED) is 0.881. The van der Waals surface area contributed by atoms with Gasteiger partial charge in [-0.1, -0.05) is 23.3 Å². The van der Waals surface area contributed by atoms with Crippen LogP contribution in [0.3, 0.4) is 0 Å². The second-order valence-corrected chi connectivity index (χ2v) is 3.84. The third kappa shape index (κ3) is 2.34. The van der Waals surface area contributed by atoms with Gasteiger partial charge in [0, 0.05) is 5.56 Å². The third-order valence-corrected chi connectivity index (χ3v) is 2.64. The Morgan fingerprint density at radius 1 is 1.31 bits per heavy atom. The summed E-state index contributed by atoms with van der Waals surface area (Å²) in [5.41, 5.74) is 0.580. The Labute approximate surface area is 96.1 Å². The lowest BCUT2D eigenvalue weighted by Crippen LogP contribution is -2.11. The van der Waals surface area contributed by atoms with Crippen molar-refractivity contribution in [3.8, 4) is 5.19 Å². The van der Waals surface area contributed by atoms with Crippen LogP contribution in [-0.2, 0) is 0 Å². The van der Waals surface area contributed by atoms with Crippen molar-refractivity contribution in [1.82, 2.24) is 10.2 Å². The maximum atomic E-state index is 11.7. The number of anilines is 1. The van der Waals surface area contributed by atoms with Crippen LogP contribution in [0.4, 0.5) is 5.13 Å². The first kappa shape index (κ1) is 10.6. The summed E-state index contributed by atoms with van der Waals surface area (Å²) in [5, 5.41) is 11.0. The summed E-state index contributed by atoms with van der Waals surface area (Å²) in [7, 11) is 1.50. The Kier molecular flexibility index (Phi) is 3.11. The molecule has 0 unspecified atom stereocenters. The molecule has 0 fully saturated rings. The number of carbonyl (C=O) groups excluding carboxylic acids is 1. The van der Waals surface area contributed by atoms with E-state index in [0.717, 1.165) is 0 Å². The molecule has 0 spiro atoms. The molecular weight excluding hydrogens is 226 g/mol. The smallest absolute Gasteiger partial charge is 0.295 e. The largest absolute Gasteiger partial charge is 0.472 e. The molecule has 1 amide bonds. The van der Waals surface area contributed by atoms with Gasteiger partial charge in [0.25, 0.3) is 11.1 Å². The topological polar surface area (TPSA) is 64.1 Å². The fourth-order valence-corrected chi connectivity index (χ4v) is 1.66. The second-order valence-electron chi connectivity index (χ2n) is 2.90. The molecule has 6 heteroatoms. The first-order valence-corrected chi connectivity index (χ1v) is 5.35. The van der Waals surface area contributed by atoms with Crippen molar-refractivity contribution in [3.05, 3.63) is 35.9 Å². The number of aromatic nitrogens is 2. The highest BCUT2D eigenvalue weighted by molar-refractivity contribution is 7.17. The highest BCUT2D eigenvalue weighted by Crippen LogP contribution is 2.21. The average molecular weight is 235 g/mol. The summed E-state index contributed by atoms with van der Waals surface area (Å²) >= 11 is 1.18. The van der Waals surface area contributed by atoms with Crippen molar-refractivity contribution in [2.24, 2.45) is 0 Å². The summed E-state index contributed by atoms with van der Waals surface area (Å²) < 4.78 is 4.88. The summed E-state index contributed by atoms with van der Waals surface area (Å²) in [6.45, 7) is 0. The van der Waals surface area contributed by atoms with Crippen LogP contribution >= 0.6 is 11.3 Å². The maximum absolute atomic E-state index is 11.7. The van der Waals surface area contributed by atoms with Gasteiger partial charge >= 0.3 is 0 Å². The lowest BCUT2D eigenvalue weighted by atomic mass is 10.2. The molecule has 82 valence electrons. The zero-order valence-electron chi connectivity index (χ0n) is 8.51. The van der Waals surface area contributed by atoms with Gasteiger partial charge in [-0.15, -0.1) is 5.10 Å². The van der Waals surface area contributed by atoms with E-state index in [9.17, 15) is 4.79 Å². The van der Waals surface area contributed by atoms with Gasteiger partial charge in [-0.3, -0.25) is 10.1 Å². The first-order chi connectivity index (χ1) is 7.79. The maximum Gasteiger partial charge on any atom is 0.295 e. The highest BCUT2D eigenvalue weighted by atomic mass is 32.1. The number of methoxy groups -OCH3 is 1. The molecule has 0 aliphatic heterocycles. The Bertz CT molecular complexity index is 484. The molecule has 5 nitrogen and oxygen atoms in total. The highest BCUT2D eigenvalue weighted by Gasteiger charge is 2.09. The number of nitrogens with zero attached hydrogens (tertiary/aromatic N) is 2. The molecule has 1 aromatic heterocycles. The van der Waals surface area contributed by atoms with Gasteiger partial charge in [-0.25, -0.2) is 0 Å². The summed E-state index contributed by atoms with van der Waals surface area (Å²) in [6, 6.07) is 8.91. The van der Waals surface area contributed by atoms with Crippen molar-refractivity contribution >= 4 is 22.4 Å². The summed E-state index contributed by atoms with van der Waals surface area (Å²) in [5.74, 6) is -0.209. The molecule has 16 heavy (non-hydrogen) atoms. The number of carbonyl (C=O) groups is 1. The van der Waals surface area contributed by atoms with E-state index >= 15 is 0 Å². The van der Waals surface area contributed by atoms with Gasteiger partial charge in [-0.2, -0.15) is 0 Å². The van der Waals surface area contributed by atoms with E-state index in [0.29, 0.717) is 15.9 Å². The molecule has 2 aromatic rings. The van der Waals surface area contributed by atoms with Crippen LogP contribution in [0.5, 0.6) is 5.19 Å². The molecule has 0 aliphatic carbocycles. The number of ether oxygens (including phenoxy) is 1. The predicted octanol–water partition coefficient (Wildman–Crippen LogP) is 1.80. The van der Waals surface area contributed by atoms with Gasteiger partial charge in [0.1, 0.15) is 0 Å². The molecule has 0 bridgehead atoms. The first-order valence-electron chi connectivity index (χ1n) is 4.53. The Balaban J connectivity index is 2.08. The molecular formula is C10H9N3O2S. The molecule has 2 rings (SSSR count). The van der Waals surface area contributed by atoms with Gasteiger partial charge in [0.2, 0.25) is 5.13 Å². The zero-order chi connectivity index (χ0) is 11.4. The molecule has 1 heterocycles. The molecule has 1 aromatic carbocycles. The SMILES string of the molecule is COc1nnc(NC(=O)c2ccccc2)s1. The summed E-state index contributed by atoms with van der Waals surface area (Å²) in [6.07, 6.45) is 0. The van der Waals surface area contributed by atoms with Crippen LogP contribution in [-0.4, -0.2) is 23.2 Å². The number of nitrogens with one attached hydrogen (secondary N) is 1. The van der Waals surface area contributed by atoms with E-state index in [1.165, 1.54) is 18.4 Å². The average Bonchev–Trinajstić information content (AvgIpc) is 2.78. The van der Waals surface area contributed by atoms with Gasteiger partial charge in [0.15, 0.2) is 0 Å². The van der Waals surface area contributed by atoms with Crippen LogP contribution in [0.1, 0.15) is 10.4 Å². The second kappa shape index (κ2) is 4.71. The van der Waals surface area contributed by atoms with E-state index in [1.807, 2.05) is 6.07 Å². The van der Waals surface area contributed by atoms with Gasteiger partial charge < -0.3 is 4.74 Å². The molecule has 1 N–H and O–H groups in total. The Hall–Kier alpha value is -1.95. The Morgan fingerprint density at radius 3 is 2.69 bits per heavy atom. The fourth-order valence-electron chi connectivity index (χ4n) is 1.10. The molecule has 0 aliphatic rings. The number of hydrogen-bond donors (Lipinski definition) is 1. The summed E-state index contributed by atoms with van der Waals surface area (Å²) in [4.78, 5) is 11.7. The minimum Gasteiger partial charge on any atom is -0.472 e. The van der Waals surface area contributed by atoms with E-state index in [4.69, 9.17) is 4.74 Å². The minimum atomic E-state index is -0.209. The predicted molar refractivity (Wildman–Crippen MR) is 60.9 cm³/mol. The molecule has 0 atom stereocenters. The number of hydrogen-bond acceptors (Lipinski definition) is 5. The van der Waals surface area contributed by atoms with Gasteiger partial charge in [0.05, 0.1) is 7.11 Å². The fraction of sp³-hybridized carbons (Fsp3) is 0.100. The van der Waals surface area contributed by atoms with E-state index < -0.39 is 0 Å². The minimum absolute atomic E-state index is 0.209. The van der Waals surface area contributed by atoms with Crippen LogP contribution in [0.25, 0.3) is 0 Å². The lowest BCUT2D eigenvalue weighted by Gasteiger charge is -1.99. The third-order valence-electron chi connectivity index (χ3n) is 1.84. The van der Waals surface area contributed by atoms with Crippen LogP contribution in [0.2, 0.25) is 0 Å². The van der Waals surface area contributed by atoms with Crippen molar-refractivity contribution in [2.45, 2.75) is 0 Å². The molecule has 0 saturated heterocycles. The van der Waals surface area contributed by atoms with Crippen LogP contribution < -0.4 is 10.1 Å². The van der Waals surface area contributed by atoms with Crippen molar-refractivity contribution in [3.63, 3.8) is 0 Å². The Morgan fingerprint density at radius 2 is 2.06 bits per heavy atom. The normalized spacial score (nSPS) is 9.81. The molecule has 0 radical (unpaired) electrons. The number of benzene rings is 1. The van der Waals surface area contributed by atoms with Crippen molar-refractivity contribution < 1.29 is 9.53 Å².